The van der Waals surface area contributed by atoms with Gasteiger partial charge >= 0.3 is 12.0 Å². The highest BCUT2D eigenvalue weighted by Crippen LogP contribution is 2.29. The molecule has 164 valence electrons. The topological polar surface area (TPSA) is 102 Å². The predicted octanol–water partition coefficient (Wildman–Crippen LogP) is 3.54. The number of aromatic nitrogens is 2. The van der Waals surface area contributed by atoms with E-state index in [1.807, 2.05) is 30.7 Å². The molecule has 2 aromatic heterocycles. The average molecular weight is 443 g/mol. The maximum Gasteiger partial charge on any atom is 0.348 e. The molecule has 2 N–H and O–H groups in total. The first kappa shape index (κ1) is 22.5. The fourth-order valence-electron chi connectivity index (χ4n) is 2.92. The monoisotopic (exact) mass is 442 g/mol. The van der Waals surface area contributed by atoms with Crippen molar-refractivity contribution in [3.63, 3.8) is 0 Å². The van der Waals surface area contributed by atoms with Crippen LogP contribution in [0.1, 0.15) is 47.3 Å². The summed E-state index contributed by atoms with van der Waals surface area (Å²) < 4.78 is 6.94. The molecule has 8 nitrogen and oxygen atoms in total. The molecule has 0 fully saturated rings. The minimum Gasteiger partial charge on any atom is -0.451 e. The van der Waals surface area contributed by atoms with Gasteiger partial charge in [0.2, 0.25) is 0 Å². The summed E-state index contributed by atoms with van der Waals surface area (Å²) in [4.78, 5) is 37.3. The quantitative estimate of drug-likeness (QED) is 0.589. The normalized spacial score (nSPS) is 11.4. The number of hydrogen-bond donors (Lipinski definition) is 2. The molecule has 9 heteroatoms. The number of carbonyl (C=O) groups excluding carboxylic acids is 3. The van der Waals surface area contributed by atoms with E-state index in [0.29, 0.717) is 11.4 Å². The van der Waals surface area contributed by atoms with E-state index in [1.54, 1.807) is 26.8 Å². The predicted molar refractivity (Wildman–Crippen MR) is 119 cm³/mol. The molecule has 2 heterocycles. The summed E-state index contributed by atoms with van der Waals surface area (Å²) in [5, 5.41) is 10.2. The van der Waals surface area contributed by atoms with Crippen molar-refractivity contribution in [3.8, 4) is 0 Å². The molecule has 3 aromatic rings. The summed E-state index contributed by atoms with van der Waals surface area (Å²) in [6.07, 6.45) is 0. The summed E-state index contributed by atoms with van der Waals surface area (Å²) in [7, 11) is 0. The summed E-state index contributed by atoms with van der Waals surface area (Å²) in [6, 6.07) is 9.28. The third kappa shape index (κ3) is 5.91. The molecule has 0 radical (unpaired) electrons. The fourth-order valence-corrected chi connectivity index (χ4v) is 3.98. The third-order valence-corrected chi connectivity index (χ3v) is 5.47. The lowest BCUT2D eigenvalue weighted by Crippen LogP contribution is -2.49. The molecule has 0 atom stereocenters. The van der Waals surface area contributed by atoms with Gasteiger partial charge in [0.15, 0.2) is 6.61 Å². The molecule has 0 saturated carbocycles. The number of thiophene rings is 1. The molecule has 3 rings (SSSR count). The van der Waals surface area contributed by atoms with Gasteiger partial charge in [-0.1, -0.05) is 29.8 Å². The number of hydrogen-bond acceptors (Lipinski definition) is 6. The van der Waals surface area contributed by atoms with Gasteiger partial charge < -0.3 is 10.1 Å². The van der Waals surface area contributed by atoms with Crippen LogP contribution in [-0.4, -0.2) is 39.8 Å². The Morgan fingerprint density at radius 1 is 1.13 bits per heavy atom. The van der Waals surface area contributed by atoms with Crippen LogP contribution in [0.2, 0.25) is 0 Å². The van der Waals surface area contributed by atoms with Gasteiger partial charge in [-0.15, -0.1) is 11.3 Å². The summed E-state index contributed by atoms with van der Waals surface area (Å²) >= 11 is 1.26. The molecule has 3 amide bonds. The second-order valence-corrected chi connectivity index (χ2v) is 9.42. The molecular weight excluding hydrogens is 416 g/mol. The van der Waals surface area contributed by atoms with Crippen LogP contribution in [0.25, 0.3) is 10.2 Å². The Morgan fingerprint density at radius 3 is 2.45 bits per heavy atom. The van der Waals surface area contributed by atoms with E-state index in [-0.39, 0.29) is 0 Å². The zero-order valence-electron chi connectivity index (χ0n) is 18.2. The number of urea groups is 1. The van der Waals surface area contributed by atoms with Crippen LogP contribution < -0.4 is 10.6 Å². The molecule has 0 aliphatic carbocycles. The van der Waals surface area contributed by atoms with E-state index in [9.17, 15) is 14.4 Å². The Kier molecular flexibility index (Phi) is 6.45. The first-order valence-corrected chi connectivity index (χ1v) is 10.6. The number of nitrogens with zero attached hydrogens (tertiary/aromatic N) is 2. The largest absolute Gasteiger partial charge is 0.451 e. The van der Waals surface area contributed by atoms with Crippen molar-refractivity contribution >= 4 is 39.5 Å². The van der Waals surface area contributed by atoms with E-state index in [2.05, 4.69) is 27.9 Å². The average Bonchev–Trinajstić information content (AvgIpc) is 3.21. The summed E-state index contributed by atoms with van der Waals surface area (Å²) in [5.41, 5.74) is 2.63. The van der Waals surface area contributed by atoms with E-state index in [0.717, 1.165) is 21.5 Å². The lowest BCUT2D eigenvalue weighted by atomic mass is 10.1. The smallest absolute Gasteiger partial charge is 0.348 e. The molecule has 0 unspecified atom stereocenters. The van der Waals surface area contributed by atoms with Crippen LogP contribution in [0, 0.1) is 13.8 Å². The Morgan fingerprint density at radius 2 is 1.81 bits per heavy atom. The molecule has 0 aliphatic heterocycles. The van der Waals surface area contributed by atoms with Gasteiger partial charge in [0.05, 0.1) is 12.2 Å². The number of aryl methyl sites for hydroxylation is 2. The Balaban J connectivity index is 1.65. The molecule has 0 spiro atoms. The first-order valence-electron chi connectivity index (χ1n) is 9.83. The lowest BCUT2D eigenvalue weighted by molar-refractivity contribution is -0.123. The minimum absolute atomic E-state index is 0.375. The number of nitrogens with one attached hydrogen (secondary N) is 2. The van der Waals surface area contributed by atoms with Crippen LogP contribution in [0.3, 0.4) is 0 Å². The van der Waals surface area contributed by atoms with Crippen LogP contribution >= 0.6 is 11.3 Å². The van der Waals surface area contributed by atoms with Crippen molar-refractivity contribution in [1.29, 1.82) is 0 Å². The van der Waals surface area contributed by atoms with Crippen molar-refractivity contribution in [2.24, 2.45) is 0 Å². The highest BCUT2D eigenvalue weighted by molar-refractivity contribution is 7.20. The second kappa shape index (κ2) is 8.89. The molecule has 1 aromatic carbocycles. The first-order chi connectivity index (χ1) is 14.5. The minimum atomic E-state index is -0.696. The number of esters is 1. The van der Waals surface area contributed by atoms with Crippen LogP contribution in [0.15, 0.2) is 30.3 Å². The maximum absolute atomic E-state index is 12.4. The third-order valence-electron chi connectivity index (χ3n) is 4.34. The molecule has 0 bridgehead atoms. The standard InChI is InChI=1S/C22H26N4O4S/c1-13-6-8-15(9-7-13)11-26-19-16(14(2)25-26)10-17(31-19)20(28)30-12-18(27)23-21(29)24-22(3,4)5/h6-10H,11-12H2,1-5H3,(H2,23,24,27,29). The Hall–Kier alpha value is -3.20. The zero-order valence-corrected chi connectivity index (χ0v) is 19.1. The number of rotatable bonds is 5. The van der Waals surface area contributed by atoms with Crippen molar-refractivity contribution in [1.82, 2.24) is 20.4 Å². The van der Waals surface area contributed by atoms with Crippen LogP contribution in [0.4, 0.5) is 4.79 Å². The van der Waals surface area contributed by atoms with Crippen molar-refractivity contribution in [3.05, 3.63) is 52.0 Å². The van der Waals surface area contributed by atoms with Gasteiger partial charge in [0, 0.05) is 10.9 Å². The molecule has 0 aliphatic rings. The Labute approximate surface area is 184 Å². The number of benzene rings is 1. The number of fused-ring (bicyclic) bond motifs is 1. The maximum atomic E-state index is 12.4. The summed E-state index contributed by atoms with van der Waals surface area (Å²) in [5.74, 6) is -1.31. The zero-order chi connectivity index (χ0) is 22.8. The van der Waals surface area contributed by atoms with Crippen LogP contribution in [0.5, 0.6) is 0 Å². The fraction of sp³-hybridized carbons (Fsp3) is 0.364. The Bertz CT molecular complexity index is 1120. The van der Waals surface area contributed by atoms with E-state index in [4.69, 9.17) is 4.74 Å². The number of ether oxygens (including phenoxy) is 1. The number of imide groups is 1. The second-order valence-electron chi connectivity index (χ2n) is 8.39. The number of amides is 3. The molecule has 31 heavy (non-hydrogen) atoms. The van der Waals surface area contributed by atoms with Gasteiger partial charge in [0.25, 0.3) is 5.91 Å². The van der Waals surface area contributed by atoms with E-state index in [1.165, 1.54) is 16.9 Å². The highest BCUT2D eigenvalue weighted by atomic mass is 32.1. The summed E-state index contributed by atoms with van der Waals surface area (Å²) in [6.45, 7) is 9.34. The SMILES string of the molecule is Cc1ccc(Cn2nc(C)c3cc(C(=O)OCC(=O)NC(=O)NC(C)(C)C)sc32)cc1. The van der Waals surface area contributed by atoms with Crippen molar-refractivity contribution in [2.45, 2.75) is 46.7 Å². The van der Waals surface area contributed by atoms with Gasteiger partial charge in [-0.3, -0.25) is 14.8 Å². The van der Waals surface area contributed by atoms with E-state index < -0.39 is 30.1 Å². The van der Waals surface area contributed by atoms with Gasteiger partial charge in [0.1, 0.15) is 9.71 Å². The number of carbonyl (C=O) groups is 3. The molecule has 0 saturated heterocycles. The molecular formula is C22H26N4O4S. The van der Waals surface area contributed by atoms with Gasteiger partial charge in [-0.25, -0.2) is 9.59 Å². The van der Waals surface area contributed by atoms with E-state index >= 15 is 0 Å². The lowest BCUT2D eigenvalue weighted by Gasteiger charge is -2.20. The van der Waals surface area contributed by atoms with Crippen molar-refractivity contribution in [2.75, 3.05) is 6.61 Å². The van der Waals surface area contributed by atoms with Gasteiger partial charge in [-0.2, -0.15) is 5.10 Å². The van der Waals surface area contributed by atoms with Gasteiger partial charge in [-0.05, 0) is 46.2 Å². The van der Waals surface area contributed by atoms with Crippen LogP contribution in [-0.2, 0) is 16.1 Å². The van der Waals surface area contributed by atoms with Crippen molar-refractivity contribution < 1.29 is 19.1 Å². The highest BCUT2D eigenvalue weighted by Gasteiger charge is 2.20.